The van der Waals surface area contributed by atoms with Crippen molar-refractivity contribution in [3.63, 3.8) is 0 Å². The summed E-state index contributed by atoms with van der Waals surface area (Å²) in [6.07, 6.45) is 0. The maximum Gasteiger partial charge on any atom is 0.253 e. The van der Waals surface area contributed by atoms with Crippen LogP contribution in [0.15, 0.2) is 46.0 Å². The Bertz CT molecular complexity index is 843. The maximum absolute atomic E-state index is 12.2. The Balaban J connectivity index is 1.92. The lowest BCUT2D eigenvalue weighted by Gasteiger charge is -2.18. The van der Waals surface area contributed by atoms with E-state index in [4.69, 9.17) is 0 Å². The van der Waals surface area contributed by atoms with Crippen LogP contribution in [0.25, 0.3) is 0 Å². The first kappa shape index (κ1) is 20.1. The lowest BCUT2D eigenvalue weighted by Crippen LogP contribution is -2.32. The molecule has 26 heavy (non-hydrogen) atoms. The molecule has 2 aromatic rings. The highest BCUT2D eigenvalue weighted by atomic mass is 32.2. The summed E-state index contributed by atoms with van der Waals surface area (Å²) in [7, 11) is -3.68. The number of hydrogen-bond acceptors (Lipinski definition) is 5. The SMILES string of the molecule is CCN(CC)C(=O)c1ccc(NC(=O)CNS(=O)(=O)c2cccs2)cc1. The van der Waals surface area contributed by atoms with Gasteiger partial charge in [0, 0.05) is 24.3 Å². The monoisotopic (exact) mass is 395 g/mol. The van der Waals surface area contributed by atoms with Crippen LogP contribution in [0.5, 0.6) is 0 Å². The Hall–Kier alpha value is -2.23. The number of sulfonamides is 1. The van der Waals surface area contributed by atoms with Crippen LogP contribution in [-0.4, -0.2) is 44.8 Å². The first-order valence-corrected chi connectivity index (χ1v) is 10.5. The third-order valence-electron chi connectivity index (χ3n) is 3.65. The Morgan fingerprint density at radius 3 is 2.27 bits per heavy atom. The number of nitrogens with zero attached hydrogens (tertiary/aromatic N) is 1. The van der Waals surface area contributed by atoms with Gasteiger partial charge in [0.25, 0.3) is 15.9 Å². The van der Waals surface area contributed by atoms with E-state index in [-0.39, 0.29) is 16.7 Å². The number of amides is 2. The highest BCUT2D eigenvalue weighted by Crippen LogP contribution is 2.15. The third-order valence-corrected chi connectivity index (χ3v) is 6.45. The quantitative estimate of drug-likeness (QED) is 0.716. The summed E-state index contributed by atoms with van der Waals surface area (Å²) in [4.78, 5) is 25.9. The van der Waals surface area contributed by atoms with Gasteiger partial charge in [-0.15, -0.1) is 11.3 Å². The van der Waals surface area contributed by atoms with Crippen LogP contribution in [0.2, 0.25) is 0 Å². The van der Waals surface area contributed by atoms with Gasteiger partial charge in [-0.05, 0) is 49.6 Å². The van der Waals surface area contributed by atoms with Crippen molar-refractivity contribution < 1.29 is 18.0 Å². The first-order valence-electron chi connectivity index (χ1n) is 8.09. The van der Waals surface area contributed by atoms with Crippen LogP contribution in [-0.2, 0) is 14.8 Å². The molecule has 2 amide bonds. The number of carbonyl (C=O) groups is 2. The van der Waals surface area contributed by atoms with Crippen LogP contribution < -0.4 is 10.0 Å². The van der Waals surface area contributed by atoms with E-state index in [0.717, 1.165) is 11.3 Å². The van der Waals surface area contributed by atoms with Gasteiger partial charge in [0.05, 0.1) is 6.54 Å². The molecule has 0 fully saturated rings. The molecule has 0 unspecified atom stereocenters. The van der Waals surface area contributed by atoms with Crippen LogP contribution in [0.1, 0.15) is 24.2 Å². The van der Waals surface area contributed by atoms with E-state index in [0.29, 0.717) is 24.3 Å². The molecule has 7 nitrogen and oxygen atoms in total. The lowest BCUT2D eigenvalue weighted by atomic mass is 10.2. The highest BCUT2D eigenvalue weighted by molar-refractivity contribution is 7.91. The van der Waals surface area contributed by atoms with Crippen molar-refractivity contribution in [1.29, 1.82) is 0 Å². The van der Waals surface area contributed by atoms with Gasteiger partial charge in [0.2, 0.25) is 5.91 Å². The molecule has 0 spiro atoms. The van der Waals surface area contributed by atoms with Gasteiger partial charge >= 0.3 is 0 Å². The molecular formula is C17H21N3O4S2. The topological polar surface area (TPSA) is 95.6 Å². The lowest BCUT2D eigenvalue weighted by molar-refractivity contribution is -0.115. The predicted octanol–water partition coefficient (Wildman–Crippen LogP) is 2.15. The van der Waals surface area contributed by atoms with Crippen molar-refractivity contribution in [2.24, 2.45) is 0 Å². The maximum atomic E-state index is 12.2. The number of hydrogen-bond donors (Lipinski definition) is 2. The van der Waals surface area contributed by atoms with Crippen LogP contribution in [0.3, 0.4) is 0 Å². The number of anilines is 1. The van der Waals surface area contributed by atoms with E-state index in [1.807, 2.05) is 13.8 Å². The Kier molecular flexibility index (Phi) is 6.90. The Morgan fingerprint density at radius 2 is 1.73 bits per heavy atom. The molecule has 0 saturated heterocycles. The van der Waals surface area contributed by atoms with Crippen molar-refractivity contribution in [2.75, 3.05) is 25.0 Å². The van der Waals surface area contributed by atoms with Crippen molar-refractivity contribution in [3.05, 3.63) is 47.3 Å². The van der Waals surface area contributed by atoms with Crippen molar-refractivity contribution in [1.82, 2.24) is 9.62 Å². The van der Waals surface area contributed by atoms with E-state index in [1.54, 1.807) is 40.6 Å². The second-order valence-electron chi connectivity index (χ2n) is 5.36. The standard InChI is InChI=1S/C17H21N3O4S2/c1-3-20(4-2)17(22)13-7-9-14(10-8-13)19-15(21)12-18-26(23,24)16-6-5-11-25-16/h5-11,18H,3-4,12H2,1-2H3,(H,19,21). The first-order chi connectivity index (χ1) is 12.4. The Morgan fingerprint density at radius 1 is 1.08 bits per heavy atom. The van der Waals surface area contributed by atoms with E-state index in [1.165, 1.54) is 6.07 Å². The van der Waals surface area contributed by atoms with Crippen LogP contribution in [0, 0.1) is 0 Å². The van der Waals surface area contributed by atoms with Crippen molar-refractivity contribution >= 4 is 38.9 Å². The van der Waals surface area contributed by atoms with Gasteiger partial charge in [-0.2, -0.15) is 0 Å². The minimum Gasteiger partial charge on any atom is -0.339 e. The zero-order valence-electron chi connectivity index (χ0n) is 14.6. The average Bonchev–Trinajstić information content (AvgIpc) is 3.17. The van der Waals surface area contributed by atoms with E-state index in [2.05, 4.69) is 10.0 Å². The number of benzene rings is 1. The fourth-order valence-electron chi connectivity index (χ4n) is 2.24. The van der Waals surface area contributed by atoms with Gasteiger partial charge in [-0.3, -0.25) is 9.59 Å². The smallest absolute Gasteiger partial charge is 0.253 e. The van der Waals surface area contributed by atoms with Gasteiger partial charge in [-0.1, -0.05) is 6.07 Å². The normalized spacial score (nSPS) is 11.2. The fraction of sp³-hybridized carbons (Fsp3) is 0.294. The molecule has 0 aliphatic heterocycles. The average molecular weight is 396 g/mol. The predicted molar refractivity (Wildman–Crippen MR) is 102 cm³/mol. The molecule has 0 aliphatic rings. The molecule has 1 aromatic heterocycles. The summed E-state index contributed by atoms with van der Waals surface area (Å²) >= 11 is 1.08. The van der Waals surface area contributed by atoms with Gasteiger partial charge < -0.3 is 10.2 Å². The minimum atomic E-state index is -3.68. The molecule has 0 radical (unpaired) electrons. The van der Waals surface area contributed by atoms with Crippen molar-refractivity contribution in [2.45, 2.75) is 18.1 Å². The zero-order valence-corrected chi connectivity index (χ0v) is 16.2. The fourth-order valence-corrected chi connectivity index (χ4v) is 4.26. The number of rotatable bonds is 8. The molecule has 0 atom stereocenters. The van der Waals surface area contributed by atoms with E-state index < -0.39 is 15.9 Å². The summed E-state index contributed by atoms with van der Waals surface area (Å²) in [5.74, 6) is -0.565. The molecule has 2 N–H and O–H groups in total. The number of carbonyl (C=O) groups excluding carboxylic acids is 2. The molecule has 0 bridgehead atoms. The van der Waals surface area contributed by atoms with Gasteiger partial charge in [0.1, 0.15) is 4.21 Å². The summed E-state index contributed by atoms with van der Waals surface area (Å²) in [5.41, 5.74) is 1.02. The molecule has 9 heteroatoms. The molecule has 1 aromatic carbocycles. The summed E-state index contributed by atoms with van der Waals surface area (Å²) in [6.45, 7) is 4.69. The Labute approximate surface area is 157 Å². The zero-order chi connectivity index (χ0) is 19.2. The molecule has 2 rings (SSSR count). The van der Waals surface area contributed by atoms with Crippen LogP contribution >= 0.6 is 11.3 Å². The summed E-state index contributed by atoms with van der Waals surface area (Å²) in [6, 6.07) is 9.58. The molecule has 1 heterocycles. The summed E-state index contributed by atoms with van der Waals surface area (Å²) < 4.78 is 26.3. The number of nitrogens with one attached hydrogen (secondary N) is 2. The minimum absolute atomic E-state index is 0.0726. The van der Waals surface area contributed by atoms with E-state index in [9.17, 15) is 18.0 Å². The van der Waals surface area contributed by atoms with Gasteiger partial charge in [0.15, 0.2) is 0 Å². The van der Waals surface area contributed by atoms with Crippen molar-refractivity contribution in [3.8, 4) is 0 Å². The molecular weight excluding hydrogens is 374 g/mol. The third kappa shape index (κ3) is 5.13. The molecule has 140 valence electrons. The van der Waals surface area contributed by atoms with E-state index >= 15 is 0 Å². The number of thiophene rings is 1. The van der Waals surface area contributed by atoms with Gasteiger partial charge in [-0.25, -0.2) is 13.1 Å². The molecule has 0 aliphatic carbocycles. The largest absolute Gasteiger partial charge is 0.339 e. The molecule has 0 saturated carbocycles. The second-order valence-corrected chi connectivity index (χ2v) is 8.30. The summed E-state index contributed by atoms with van der Waals surface area (Å²) in [5, 5.41) is 4.24. The van der Waals surface area contributed by atoms with Crippen LogP contribution in [0.4, 0.5) is 5.69 Å². The highest BCUT2D eigenvalue weighted by Gasteiger charge is 2.16. The second kappa shape index (κ2) is 8.93.